The summed E-state index contributed by atoms with van der Waals surface area (Å²) in [5.41, 5.74) is 2.14. The second kappa shape index (κ2) is 7.85. The average Bonchev–Trinajstić information content (AvgIpc) is 3.40. The topological polar surface area (TPSA) is 61.5 Å². The largest absolute Gasteiger partial charge is 0.506 e. The van der Waals surface area contributed by atoms with Crippen molar-refractivity contribution in [1.82, 2.24) is 10.3 Å². The number of nitrogens with zero attached hydrogens (tertiary/aromatic N) is 2. The molecule has 2 aromatic heterocycles. The normalized spacial score (nSPS) is 18.2. The van der Waals surface area contributed by atoms with E-state index >= 15 is 0 Å². The quantitative estimate of drug-likeness (QED) is 0.424. The maximum atomic E-state index is 13.3. The lowest BCUT2D eigenvalue weighted by atomic mass is 10.0. The van der Waals surface area contributed by atoms with Crippen LogP contribution in [-0.4, -0.2) is 15.2 Å². The van der Waals surface area contributed by atoms with Crippen molar-refractivity contribution in [3.63, 3.8) is 0 Å². The molecule has 0 spiro atoms. The third-order valence-corrected chi connectivity index (χ3v) is 5.60. The van der Waals surface area contributed by atoms with Crippen LogP contribution >= 0.6 is 12.2 Å². The van der Waals surface area contributed by atoms with E-state index in [1.54, 1.807) is 36.5 Å². The predicted octanol–water partition coefficient (Wildman–Crippen LogP) is 5.36. The molecule has 0 saturated carbocycles. The van der Waals surface area contributed by atoms with E-state index in [4.69, 9.17) is 16.6 Å². The van der Waals surface area contributed by atoms with Crippen molar-refractivity contribution < 1.29 is 13.9 Å². The zero-order valence-electron chi connectivity index (χ0n) is 16.3. The number of halogens is 1. The predicted molar refractivity (Wildman–Crippen MR) is 120 cm³/mol. The fourth-order valence-corrected chi connectivity index (χ4v) is 4.19. The van der Waals surface area contributed by atoms with Crippen molar-refractivity contribution in [2.24, 2.45) is 0 Å². The Morgan fingerprint density at radius 3 is 2.48 bits per heavy atom. The van der Waals surface area contributed by atoms with Gasteiger partial charge in [-0.1, -0.05) is 18.2 Å². The highest BCUT2D eigenvalue weighted by Crippen LogP contribution is 2.45. The number of phenols is 1. The van der Waals surface area contributed by atoms with Gasteiger partial charge in [-0.05, 0) is 72.9 Å². The maximum Gasteiger partial charge on any atom is 0.174 e. The van der Waals surface area contributed by atoms with Gasteiger partial charge in [-0.15, -0.1) is 0 Å². The highest BCUT2D eigenvalue weighted by molar-refractivity contribution is 7.80. The molecule has 1 saturated heterocycles. The molecule has 2 aromatic carbocycles. The number of pyridine rings is 1. The summed E-state index contributed by atoms with van der Waals surface area (Å²) < 4.78 is 19.5. The van der Waals surface area contributed by atoms with E-state index in [0.717, 1.165) is 11.3 Å². The molecule has 0 bridgehead atoms. The third-order valence-electron chi connectivity index (χ3n) is 5.29. The molecular weight excluding hydrogens is 413 g/mol. The number of furan rings is 1. The number of hydrogen-bond donors (Lipinski definition) is 2. The number of hydrogen-bond acceptors (Lipinski definition) is 4. The van der Waals surface area contributed by atoms with Gasteiger partial charge in [0, 0.05) is 11.8 Å². The molecule has 2 atom stereocenters. The van der Waals surface area contributed by atoms with Crippen LogP contribution in [-0.2, 0) is 0 Å². The molecule has 0 amide bonds. The molecule has 2 N–H and O–H groups in total. The zero-order chi connectivity index (χ0) is 21.4. The van der Waals surface area contributed by atoms with Gasteiger partial charge < -0.3 is 19.7 Å². The van der Waals surface area contributed by atoms with E-state index in [1.807, 2.05) is 41.3 Å². The third kappa shape index (κ3) is 3.53. The smallest absolute Gasteiger partial charge is 0.174 e. The van der Waals surface area contributed by atoms with E-state index < -0.39 is 0 Å². The standard InChI is InChI=1S/C24H18FN3O2S/c25-16-10-8-15(9-11-16)20-12-13-21(30-20)23-22(17-5-3-4-14-26-17)27-24(31)28(23)18-6-1-2-7-19(18)29/h1-14,22-23,29H,(H,27,31)/t22-,23+/m0/s1. The van der Waals surface area contributed by atoms with Crippen molar-refractivity contribution in [1.29, 1.82) is 0 Å². The van der Waals surface area contributed by atoms with Gasteiger partial charge in [0.15, 0.2) is 5.11 Å². The summed E-state index contributed by atoms with van der Waals surface area (Å²) >= 11 is 5.64. The van der Waals surface area contributed by atoms with Crippen LogP contribution in [0.15, 0.2) is 89.5 Å². The van der Waals surface area contributed by atoms with Crippen LogP contribution < -0.4 is 10.2 Å². The highest BCUT2D eigenvalue weighted by Gasteiger charge is 2.43. The van der Waals surface area contributed by atoms with Crippen LogP contribution in [0.1, 0.15) is 23.5 Å². The second-order valence-electron chi connectivity index (χ2n) is 7.19. The minimum absolute atomic E-state index is 0.114. The molecular formula is C24H18FN3O2S. The monoisotopic (exact) mass is 431 g/mol. The number of anilines is 1. The molecule has 0 unspecified atom stereocenters. The van der Waals surface area contributed by atoms with Gasteiger partial charge >= 0.3 is 0 Å². The van der Waals surface area contributed by atoms with Gasteiger partial charge in [0.2, 0.25) is 0 Å². The first-order valence-corrected chi connectivity index (χ1v) is 10.2. The van der Waals surface area contributed by atoms with Crippen LogP contribution in [0.2, 0.25) is 0 Å². The lowest BCUT2D eigenvalue weighted by Crippen LogP contribution is -2.29. The number of nitrogens with one attached hydrogen (secondary N) is 1. The van der Waals surface area contributed by atoms with Crippen LogP contribution in [0.5, 0.6) is 5.75 Å². The Balaban J connectivity index is 1.61. The molecule has 4 aromatic rings. The van der Waals surface area contributed by atoms with Gasteiger partial charge in [-0.25, -0.2) is 4.39 Å². The molecule has 1 aliphatic heterocycles. The Bertz CT molecular complexity index is 1230. The summed E-state index contributed by atoms with van der Waals surface area (Å²) in [4.78, 5) is 6.35. The van der Waals surface area contributed by atoms with Crippen molar-refractivity contribution in [3.05, 3.63) is 102 Å². The molecule has 5 nitrogen and oxygen atoms in total. The summed E-state index contributed by atoms with van der Waals surface area (Å²) in [5.74, 6) is 1.07. The minimum atomic E-state index is -0.384. The molecule has 1 fully saturated rings. The Hall–Kier alpha value is -3.71. The highest BCUT2D eigenvalue weighted by atomic mass is 32.1. The molecule has 154 valence electrons. The zero-order valence-corrected chi connectivity index (χ0v) is 17.1. The molecule has 0 radical (unpaired) electrons. The number of aromatic nitrogens is 1. The van der Waals surface area contributed by atoms with Crippen LogP contribution in [0, 0.1) is 5.82 Å². The van der Waals surface area contributed by atoms with Crippen LogP contribution in [0.25, 0.3) is 11.3 Å². The van der Waals surface area contributed by atoms with Gasteiger partial charge in [0.05, 0.1) is 17.4 Å². The van der Waals surface area contributed by atoms with Crippen molar-refractivity contribution in [3.8, 4) is 17.1 Å². The Labute approximate surface area is 183 Å². The van der Waals surface area contributed by atoms with Crippen molar-refractivity contribution in [2.75, 3.05) is 4.90 Å². The lowest BCUT2D eigenvalue weighted by molar-refractivity contribution is 0.434. The Morgan fingerprint density at radius 1 is 0.968 bits per heavy atom. The molecule has 1 aliphatic rings. The Morgan fingerprint density at radius 2 is 1.74 bits per heavy atom. The molecule has 31 heavy (non-hydrogen) atoms. The number of rotatable bonds is 4. The summed E-state index contributed by atoms with van der Waals surface area (Å²) in [6.07, 6.45) is 1.73. The van der Waals surface area contributed by atoms with Gasteiger partial charge in [0.1, 0.15) is 29.1 Å². The summed E-state index contributed by atoms with van der Waals surface area (Å²) in [6.45, 7) is 0. The first-order chi connectivity index (χ1) is 15.1. The first kappa shape index (κ1) is 19.3. The molecule has 3 heterocycles. The van der Waals surface area contributed by atoms with Gasteiger partial charge in [0.25, 0.3) is 0 Å². The van der Waals surface area contributed by atoms with Crippen LogP contribution in [0.4, 0.5) is 10.1 Å². The van der Waals surface area contributed by atoms with E-state index in [0.29, 0.717) is 22.3 Å². The van der Waals surface area contributed by atoms with Crippen molar-refractivity contribution >= 4 is 23.0 Å². The molecule has 0 aliphatic carbocycles. The van der Waals surface area contributed by atoms with E-state index in [1.165, 1.54) is 12.1 Å². The van der Waals surface area contributed by atoms with E-state index in [9.17, 15) is 9.50 Å². The van der Waals surface area contributed by atoms with Gasteiger partial charge in [-0.3, -0.25) is 4.98 Å². The van der Waals surface area contributed by atoms with E-state index in [-0.39, 0.29) is 23.7 Å². The molecule has 7 heteroatoms. The lowest BCUT2D eigenvalue weighted by Gasteiger charge is -2.26. The number of aromatic hydroxyl groups is 1. The fraction of sp³-hybridized carbons (Fsp3) is 0.0833. The molecule has 5 rings (SSSR count). The summed E-state index contributed by atoms with van der Waals surface area (Å²) in [6, 6.07) is 21.9. The second-order valence-corrected chi connectivity index (χ2v) is 7.58. The fourth-order valence-electron chi connectivity index (χ4n) is 3.85. The SMILES string of the molecule is Oc1ccccc1N1C(=S)N[C@@H](c2ccccn2)[C@H]1c1ccc(-c2ccc(F)cc2)o1. The van der Waals surface area contributed by atoms with E-state index in [2.05, 4.69) is 10.3 Å². The first-order valence-electron chi connectivity index (χ1n) is 9.76. The van der Waals surface area contributed by atoms with Crippen LogP contribution in [0.3, 0.4) is 0 Å². The Kier molecular flexibility index (Phi) is 4.88. The maximum absolute atomic E-state index is 13.3. The summed E-state index contributed by atoms with van der Waals surface area (Å²) in [5, 5.41) is 14.3. The average molecular weight is 431 g/mol. The number of para-hydroxylation sites is 2. The van der Waals surface area contributed by atoms with Crippen molar-refractivity contribution in [2.45, 2.75) is 12.1 Å². The van der Waals surface area contributed by atoms with Gasteiger partial charge in [-0.2, -0.15) is 0 Å². The number of thiocarbonyl (C=S) groups is 1. The number of benzene rings is 2. The summed E-state index contributed by atoms with van der Waals surface area (Å²) in [7, 11) is 0. The minimum Gasteiger partial charge on any atom is -0.506 e. The number of phenolic OH excluding ortho intramolecular Hbond substituents is 1.